The number of nitrogens with zero attached hydrogens (tertiary/aromatic N) is 1. The first kappa shape index (κ1) is 12.0. The predicted molar refractivity (Wildman–Crippen MR) is 62.5 cm³/mol. The van der Waals surface area contributed by atoms with Gasteiger partial charge in [0.1, 0.15) is 0 Å². The molecule has 0 radical (unpaired) electrons. The van der Waals surface area contributed by atoms with Crippen molar-refractivity contribution in [2.24, 2.45) is 17.8 Å². The number of hydrogen-bond acceptors (Lipinski definition) is 2. The van der Waals surface area contributed by atoms with E-state index in [0.717, 1.165) is 17.8 Å². The van der Waals surface area contributed by atoms with E-state index in [1.54, 1.807) is 0 Å². The molecule has 1 heterocycles. The average Bonchev–Trinajstić information content (AvgIpc) is 2.50. The molecule has 1 rings (SSSR count). The minimum absolute atomic E-state index is 0.813. The van der Waals surface area contributed by atoms with Gasteiger partial charge in [-0.1, -0.05) is 13.8 Å². The Balaban J connectivity index is 2.31. The number of rotatable bonds is 5. The largest absolute Gasteiger partial charge is 0.319 e. The third kappa shape index (κ3) is 3.58. The average molecular weight is 198 g/mol. The van der Waals surface area contributed by atoms with Crippen molar-refractivity contribution in [3.8, 4) is 0 Å². The maximum atomic E-state index is 3.32. The molecule has 1 fully saturated rings. The predicted octanol–water partition coefficient (Wildman–Crippen LogP) is 1.82. The van der Waals surface area contributed by atoms with Gasteiger partial charge in [0, 0.05) is 6.54 Å². The Bertz CT molecular complexity index is 156. The second-order valence-electron chi connectivity index (χ2n) is 5.21. The number of likely N-dealkylation sites (tertiary alicyclic amines) is 1. The lowest BCUT2D eigenvalue weighted by atomic mass is 9.86. The van der Waals surface area contributed by atoms with E-state index >= 15 is 0 Å². The topological polar surface area (TPSA) is 15.3 Å². The molecular weight excluding hydrogens is 172 g/mol. The SMILES string of the molecule is CNCC(CC1CCN(C)C1)C(C)C. The molecule has 0 amide bonds. The monoisotopic (exact) mass is 198 g/mol. The molecule has 2 nitrogen and oxygen atoms in total. The van der Waals surface area contributed by atoms with Crippen LogP contribution in [0.3, 0.4) is 0 Å². The zero-order chi connectivity index (χ0) is 10.6. The van der Waals surface area contributed by atoms with Crippen LogP contribution in [-0.2, 0) is 0 Å². The van der Waals surface area contributed by atoms with E-state index in [9.17, 15) is 0 Å². The highest BCUT2D eigenvalue weighted by atomic mass is 15.1. The van der Waals surface area contributed by atoms with Gasteiger partial charge in [0.2, 0.25) is 0 Å². The summed E-state index contributed by atoms with van der Waals surface area (Å²) in [5.41, 5.74) is 0. The van der Waals surface area contributed by atoms with Crippen LogP contribution >= 0.6 is 0 Å². The zero-order valence-electron chi connectivity index (χ0n) is 10.2. The molecule has 2 heteroatoms. The lowest BCUT2D eigenvalue weighted by molar-refractivity contribution is 0.287. The molecule has 0 aliphatic carbocycles. The highest BCUT2D eigenvalue weighted by Gasteiger charge is 2.24. The van der Waals surface area contributed by atoms with Crippen molar-refractivity contribution in [2.75, 3.05) is 33.7 Å². The van der Waals surface area contributed by atoms with Crippen LogP contribution in [-0.4, -0.2) is 38.6 Å². The van der Waals surface area contributed by atoms with Crippen molar-refractivity contribution < 1.29 is 0 Å². The van der Waals surface area contributed by atoms with E-state index in [1.807, 2.05) is 0 Å². The van der Waals surface area contributed by atoms with Crippen LogP contribution in [0.4, 0.5) is 0 Å². The lowest BCUT2D eigenvalue weighted by Gasteiger charge is -2.23. The van der Waals surface area contributed by atoms with E-state index in [-0.39, 0.29) is 0 Å². The molecule has 0 spiro atoms. The van der Waals surface area contributed by atoms with Crippen LogP contribution in [0.2, 0.25) is 0 Å². The Morgan fingerprint density at radius 2 is 2.14 bits per heavy atom. The third-order valence-electron chi connectivity index (χ3n) is 3.53. The lowest BCUT2D eigenvalue weighted by Crippen LogP contribution is -2.26. The molecule has 2 unspecified atom stereocenters. The first-order valence-corrected chi connectivity index (χ1v) is 5.96. The summed E-state index contributed by atoms with van der Waals surface area (Å²) in [5, 5.41) is 3.32. The summed E-state index contributed by atoms with van der Waals surface area (Å²) in [7, 11) is 4.30. The molecule has 2 atom stereocenters. The summed E-state index contributed by atoms with van der Waals surface area (Å²) >= 11 is 0. The second kappa shape index (κ2) is 5.72. The van der Waals surface area contributed by atoms with E-state index < -0.39 is 0 Å². The van der Waals surface area contributed by atoms with Gasteiger partial charge in [-0.05, 0) is 57.8 Å². The molecular formula is C12H26N2. The normalized spacial score (nSPS) is 25.9. The van der Waals surface area contributed by atoms with Gasteiger partial charge in [-0.3, -0.25) is 0 Å². The van der Waals surface area contributed by atoms with Crippen molar-refractivity contribution in [3.63, 3.8) is 0 Å². The Kier molecular flexibility index (Phi) is 4.90. The van der Waals surface area contributed by atoms with Crippen LogP contribution < -0.4 is 5.32 Å². The van der Waals surface area contributed by atoms with Crippen LogP contribution in [0, 0.1) is 17.8 Å². The molecule has 0 aromatic rings. The summed E-state index contributed by atoms with van der Waals surface area (Å²) in [6.07, 6.45) is 2.81. The van der Waals surface area contributed by atoms with E-state index in [0.29, 0.717) is 0 Å². The Hall–Kier alpha value is -0.0800. The summed E-state index contributed by atoms with van der Waals surface area (Å²) in [6.45, 7) is 8.49. The van der Waals surface area contributed by atoms with E-state index in [2.05, 4.69) is 38.2 Å². The van der Waals surface area contributed by atoms with Gasteiger partial charge in [0.05, 0.1) is 0 Å². The highest BCUT2D eigenvalue weighted by Crippen LogP contribution is 2.26. The van der Waals surface area contributed by atoms with Crippen LogP contribution in [0.5, 0.6) is 0 Å². The highest BCUT2D eigenvalue weighted by molar-refractivity contribution is 4.77. The standard InChI is InChI=1S/C12H26N2/c1-10(2)12(8-13-3)7-11-5-6-14(4)9-11/h10-13H,5-9H2,1-4H3. The Labute approximate surface area is 89.1 Å². The van der Waals surface area contributed by atoms with Crippen molar-refractivity contribution in [2.45, 2.75) is 26.7 Å². The molecule has 84 valence electrons. The van der Waals surface area contributed by atoms with Gasteiger partial charge in [-0.25, -0.2) is 0 Å². The first-order valence-electron chi connectivity index (χ1n) is 5.96. The van der Waals surface area contributed by atoms with Gasteiger partial charge in [0.25, 0.3) is 0 Å². The molecule has 1 N–H and O–H groups in total. The zero-order valence-corrected chi connectivity index (χ0v) is 10.2. The van der Waals surface area contributed by atoms with Crippen LogP contribution in [0.1, 0.15) is 26.7 Å². The Morgan fingerprint density at radius 3 is 2.57 bits per heavy atom. The fourth-order valence-electron chi connectivity index (χ4n) is 2.50. The first-order chi connectivity index (χ1) is 6.63. The van der Waals surface area contributed by atoms with Gasteiger partial charge < -0.3 is 10.2 Å². The fourth-order valence-corrected chi connectivity index (χ4v) is 2.50. The smallest absolute Gasteiger partial charge is 0.000720 e. The summed E-state index contributed by atoms with van der Waals surface area (Å²) in [4.78, 5) is 2.46. The van der Waals surface area contributed by atoms with Crippen molar-refractivity contribution >= 4 is 0 Å². The minimum Gasteiger partial charge on any atom is -0.319 e. The van der Waals surface area contributed by atoms with Crippen molar-refractivity contribution in [1.82, 2.24) is 10.2 Å². The summed E-state index contributed by atoms with van der Waals surface area (Å²) in [5.74, 6) is 2.62. The molecule has 0 bridgehead atoms. The van der Waals surface area contributed by atoms with E-state index in [1.165, 1.54) is 32.5 Å². The molecule has 0 saturated carbocycles. The number of hydrogen-bond donors (Lipinski definition) is 1. The number of nitrogens with one attached hydrogen (secondary N) is 1. The maximum absolute atomic E-state index is 3.32. The molecule has 1 aliphatic heterocycles. The van der Waals surface area contributed by atoms with E-state index in [4.69, 9.17) is 0 Å². The second-order valence-corrected chi connectivity index (χ2v) is 5.21. The Morgan fingerprint density at radius 1 is 1.43 bits per heavy atom. The fraction of sp³-hybridized carbons (Fsp3) is 1.00. The summed E-state index contributed by atoms with van der Waals surface area (Å²) < 4.78 is 0. The summed E-state index contributed by atoms with van der Waals surface area (Å²) in [6, 6.07) is 0. The van der Waals surface area contributed by atoms with Crippen LogP contribution in [0.15, 0.2) is 0 Å². The molecule has 1 aliphatic rings. The van der Waals surface area contributed by atoms with Gasteiger partial charge >= 0.3 is 0 Å². The maximum Gasteiger partial charge on any atom is 0.000720 e. The molecule has 1 saturated heterocycles. The van der Waals surface area contributed by atoms with Gasteiger partial charge in [0.15, 0.2) is 0 Å². The quantitative estimate of drug-likeness (QED) is 0.725. The van der Waals surface area contributed by atoms with Crippen LogP contribution in [0.25, 0.3) is 0 Å². The third-order valence-corrected chi connectivity index (χ3v) is 3.53. The molecule has 0 aromatic carbocycles. The molecule has 0 aromatic heterocycles. The van der Waals surface area contributed by atoms with Crippen molar-refractivity contribution in [3.05, 3.63) is 0 Å². The van der Waals surface area contributed by atoms with Gasteiger partial charge in [-0.2, -0.15) is 0 Å². The molecule has 14 heavy (non-hydrogen) atoms. The van der Waals surface area contributed by atoms with Crippen molar-refractivity contribution in [1.29, 1.82) is 0 Å². The van der Waals surface area contributed by atoms with Gasteiger partial charge in [-0.15, -0.1) is 0 Å². The minimum atomic E-state index is 0.813.